The Kier molecular flexibility index (Phi) is 6.62. The number of nitriles is 1. The maximum Gasteiger partial charge on any atom is 0.0993 e. The second kappa shape index (κ2) is 10.7. The summed E-state index contributed by atoms with van der Waals surface area (Å²) in [4.78, 5) is 4.40. The SMILES string of the molecule is CC(C)(C)c1ccc2c3ccccc3n(-c3cc(C#N)cc(-n4c5ccccc5c5ccc(C(C)(C)C)cc54)c3-c3ccncc3)c2c1. The van der Waals surface area contributed by atoms with Crippen molar-refractivity contribution in [2.24, 2.45) is 0 Å². The normalized spacial score (nSPS) is 12.4. The van der Waals surface area contributed by atoms with Crippen LogP contribution in [0.25, 0.3) is 66.1 Å². The van der Waals surface area contributed by atoms with E-state index in [2.05, 4.69) is 171 Å². The van der Waals surface area contributed by atoms with Gasteiger partial charge in [0.1, 0.15) is 0 Å². The molecule has 0 N–H and O–H groups in total. The van der Waals surface area contributed by atoms with E-state index in [1.54, 1.807) is 0 Å². The average molecular weight is 623 g/mol. The van der Waals surface area contributed by atoms with Crippen molar-refractivity contribution >= 4 is 43.6 Å². The Labute approximate surface area is 281 Å². The van der Waals surface area contributed by atoms with Gasteiger partial charge in [0.25, 0.3) is 0 Å². The van der Waals surface area contributed by atoms with E-state index in [0.717, 1.165) is 44.6 Å². The fourth-order valence-corrected chi connectivity index (χ4v) is 7.24. The average Bonchev–Trinajstić information content (AvgIpc) is 3.59. The van der Waals surface area contributed by atoms with Crippen LogP contribution in [0.15, 0.2) is 122 Å². The summed E-state index contributed by atoms with van der Waals surface area (Å²) < 4.78 is 4.74. The van der Waals surface area contributed by atoms with Crippen LogP contribution in [0, 0.1) is 11.3 Å². The van der Waals surface area contributed by atoms with Gasteiger partial charge >= 0.3 is 0 Å². The zero-order valence-corrected chi connectivity index (χ0v) is 28.3. The van der Waals surface area contributed by atoms with Crippen LogP contribution in [0.4, 0.5) is 0 Å². The molecular weight excluding hydrogens is 585 g/mol. The highest BCUT2D eigenvalue weighted by molar-refractivity contribution is 6.12. The number of hydrogen-bond donors (Lipinski definition) is 0. The van der Waals surface area contributed by atoms with Gasteiger partial charge in [-0.3, -0.25) is 4.98 Å². The summed E-state index contributed by atoms with van der Waals surface area (Å²) in [5.41, 5.74) is 11.5. The smallest absolute Gasteiger partial charge is 0.0993 e. The predicted molar refractivity (Wildman–Crippen MR) is 200 cm³/mol. The first kappa shape index (κ1) is 29.7. The third-order valence-corrected chi connectivity index (χ3v) is 9.76. The Morgan fingerprint density at radius 3 is 1.40 bits per heavy atom. The van der Waals surface area contributed by atoms with E-state index in [1.165, 1.54) is 32.7 Å². The summed E-state index contributed by atoms with van der Waals surface area (Å²) in [5, 5.41) is 15.4. The summed E-state index contributed by atoms with van der Waals surface area (Å²) in [6.45, 7) is 13.5. The highest BCUT2D eigenvalue weighted by atomic mass is 15.0. The molecule has 4 nitrogen and oxygen atoms in total. The molecule has 4 heteroatoms. The number of para-hydroxylation sites is 2. The Bertz CT molecular complexity index is 2430. The van der Waals surface area contributed by atoms with Crippen LogP contribution in [0.3, 0.4) is 0 Å². The molecule has 0 bridgehead atoms. The number of fused-ring (bicyclic) bond motifs is 6. The molecule has 8 rings (SSSR count). The zero-order chi connectivity index (χ0) is 33.4. The molecule has 3 heterocycles. The number of hydrogen-bond acceptors (Lipinski definition) is 2. The molecule has 0 amide bonds. The molecule has 0 saturated heterocycles. The van der Waals surface area contributed by atoms with Crippen LogP contribution in [0.2, 0.25) is 0 Å². The summed E-state index contributed by atoms with van der Waals surface area (Å²) in [7, 11) is 0. The number of pyridine rings is 1. The van der Waals surface area contributed by atoms with Crippen molar-refractivity contribution in [2.75, 3.05) is 0 Å². The summed E-state index contributed by atoms with van der Waals surface area (Å²) in [6, 6.07) is 41.7. The molecule has 0 atom stereocenters. The van der Waals surface area contributed by atoms with Gasteiger partial charge in [-0.1, -0.05) is 102 Å². The second-order valence-electron chi connectivity index (χ2n) is 14.9. The lowest BCUT2D eigenvalue weighted by Crippen LogP contribution is -2.11. The molecule has 8 aromatic rings. The first-order valence-corrected chi connectivity index (χ1v) is 16.6. The number of aromatic nitrogens is 3. The van der Waals surface area contributed by atoms with E-state index in [-0.39, 0.29) is 10.8 Å². The monoisotopic (exact) mass is 622 g/mol. The van der Waals surface area contributed by atoms with Gasteiger partial charge in [-0.25, -0.2) is 0 Å². The molecule has 0 spiro atoms. The van der Waals surface area contributed by atoms with Gasteiger partial charge in [-0.2, -0.15) is 5.26 Å². The predicted octanol–water partition coefficient (Wildman–Crippen LogP) is 11.4. The van der Waals surface area contributed by atoms with Gasteiger partial charge in [0.2, 0.25) is 0 Å². The first-order chi connectivity index (χ1) is 23.0. The Morgan fingerprint density at radius 2 is 0.958 bits per heavy atom. The zero-order valence-electron chi connectivity index (χ0n) is 28.3. The van der Waals surface area contributed by atoms with Gasteiger partial charge in [-0.05, 0) is 76.1 Å². The van der Waals surface area contributed by atoms with E-state index in [4.69, 9.17) is 0 Å². The molecule has 5 aromatic carbocycles. The van der Waals surface area contributed by atoms with Crippen LogP contribution >= 0.6 is 0 Å². The van der Waals surface area contributed by atoms with Crippen molar-refractivity contribution in [3.63, 3.8) is 0 Å². The van der Waals surface area contributed by atoms with Gasteiger partial charge < -0.3 is 9.13 Å². The van der Waals surface area contributed by atoms with Crippen LogP contribution in [-0.2, 0) is 10.8 Å². The molecule has 0 unspecified atom stereocenters. The first-order valence-electron chi connectivity index (χ1n) is 16.6. The molecule has 3 aromatic heterocycles. The highest BCUT2D eigenvalue weighted by Crippen LogP contribution is 2.43. The topological polar surface area (TPSA) is 46.5 Å². The van der Waals surface area contributed by atoms with Gasteiger partial charge in [0.15, 0.2) is 0 Å². The maximum atomic E-state index is 10.6. The third kappa shape index (κ3) is 4.61. The minimum atomic E-state index is -0.0310. The molecule has 0 aliphatic rings. The summed E-state index contributed by atoms with van der Waals surface area (Å²) >= 11 is 0. The second-order valence-corrected chi connectivity index (χ2v) is 14.9. The minimum absolute atomic E-state index is 0.0310. The molecule has 0 saturated carbocycles. The van der Waals surface area contributed by atoms with E-state index >= 15 is 0 Å². The Morgan fingerprint density at radius 1 is 0.521 bits per heavy atom. The van der Waals surface area contributed by atoms with Gasteiger partial charge in [-0.15, -0.1) is 0 Å². The fourth-order valence-electron chi connectivity index (χ4n) is 7.24. The van der Waals surface area contributed by atoms with Crippen LogP contribution in [0.1, 0.15) is 58.2 Å². The number of nitrogens with zero attached hydrogens (tertiary/aromatic N) is 4. The van der Waals surface area contributed by atoms with Crippen molar-refractivity contribution in [3.8, 4) is 28.6 Å². The quantitative estimate of drug-likeness (QED) is 0.197. The maximum absolute atomic E-state index is 10.6. The van der Waals surface area contributed by atoms with E-state index in [9.17, 15) is 5.26 Å². The molecule has 234 valence electrons. The van der Waals surface area contributed by atoms with Crippen LogP contribution in [-0.4, -0.2) is 14.1 Å². The Hall–Kier alpha value is -5.66. The number of benzene rings is 5. The standard InChI is InChI=1S/C44H38N4/c1-43(2,3)30-15-17-34-32-11-7-9-13-36(32)47(38(34)25-30)40-23-28(27-45)24-41(42(40)29-19-21-46-22-20-29)48-37-14-10-8-12-33(37)35-18-16-31(26-39(35)48)44(4,5)6/h7-26H,1-6H3. The van der Waals surface area contributed by atoms with Crippen LogP contribution < -0.4 is 0 Å². The summed E-state index contributed by atoms with van der Waals surface area (Å²) in [6.07, 6.45) is 3.71. The van der Waals surface area contributed by atoms with Gasteiger partial charge in [0.05, 0.1) is 45.1 Å². The molecular formula is C44H38N4. The van der Waals surface area contributed by atoms with Crippen molar-refractivity contribution in [1.82, 2.24) is 14.1 Å². The largest absolute Gasteiger partial charge is 0.308 e. The van der Waals surface area contributed by atoms with E-state index < -0.39 is 0 Å². The lowest BCUT2D eigenvalue weighted by molar-refractivity contribution is 0.590. The number of rotatable bonds is 3. The van der Waals surface area contributed by atoms with Crippen molar-refractivity contribution in [1.29, 1.82) is 5.26 Å². The molecule has 0 radical (unpaired) electrons. The minimum Gasteiger partial charge on any atom is -0.308 e. The molecule has 0 aliphatic carbocycles. The van der Waals surface area contributed by atoms with Gasteiger partial charge in [0, 0.05) is 39.5 Å². The summed E-state index contributed by atoms with van der Waals surface area (Å²) in [5.74, 6) is 0. The third-order valence-electron chi connectivity index (χ3n) is 9.76. The molecule has 0 fully saturated rings. The van der Waals surface area contributed by atoms with Crippen molar-refractivity contribution in [2.45, 2.75) is 52.4 Å². The fraction of sp³-hybridized carbons (Fsp3) is 0.182. The van der Waals surface area contributed by atoms with Crippen molar-refractivity contribution in [3.05, 3.63) is 138 Å². The highest BCUT2D eigenvalue weighted by Gasteiger charge is 2.25. The van der Waals surface area contributed by atoms with Crippen molar-refractivity contribution < 1.29 is 0 Å². The van der Waals surface area contributed by atoms with E-state index in [0.29, 0.717) is 5.56 Å². The Balaban J connectivity index is 1.59. The van der Waals surface area contributed by atoms with Crippen LogP contribution in [0.5, 0.6) is 0 Å². The molecule has 48 heavy (non-hydrogen) atoms. The lowest BCUT2D eigenvalue weighted by Gasteiger charge is -2.23. The molecule has 0 aliphatic heterocycles. The lowest BCUT2D eigenvalue weighted by atomic mass is 9.86. The van der Waals surface area contributed by atoms with E-state index in [1.807, 2.05) is 12.4 Å².